The SMILES string of the molecule is O=C(NCCc1cccc(O)c1)c1csc(-c2cccc(C(F)(F)F)c2)n1. The average molecular weight is 392 g/mol. The number of aromatic nitrogens is 1. The number of amides is 1. The molecule has 0 aliphatic rings. The number of aromatic hydroxyl groups is 1. The number of alkyl halides is 3. The minimum atomic E-state index is -4.43. The van der Waals surface area contributed by atoms with E-state index in [-0.39, 0.29) is 11.4 Å². The fourth-order valence-corrected chi connectivity index (χ4v) is 3.26. The van der Waals surface area contributed by atoms with E-state index < -0.39 is 17.6 Å². The van der Waals surface area contributed by atoms with E-state index in [0.717, 1.165) is 29.0 Å². The van der Waals surface area contributed by atoms with Crippen molar-refractivity contribution in [2.45, 2.75) is 12.6 Å². The molecule has 0 unspecified atom stereocenters. The van der Waals surface area contributed by atoms with Gasteiger partial charge in [-0.25, -0.2) is 4.98 Å². The second-order valence-electron chi connectivity index (χ2n) is 5.79. The molecule has 0 aliphatic carbocycles. The molecule has 1 aromatic heterocycles. The molecule has 0 spiro atoms. The average Bonchev–Trinajstić information content (AvgIpc) is 3.11. The summed E-state index contributed by atoms with van der Waals surface area (Å²) in [4.78, 5) is 16.3. The number of phenolic OH excluding ortho intramolecular Hbond substituents is 1. The molecule has 1 heterocycles. The van der Waals surface area contributed by atoms with Gasteiger partial charge >= 0.3 is 6.18 Å². The number of hydrogen-bond donors (Lipinski definition) is 2. The van der Waals surface area contributed by atoms with Crippen LogP contribution in [0.25, 0.3) is 10.6 Å². The molecule has 1 amide bonds. The zero-order valence-corrected chi connectivity index (χ0v) is 14.8. The zero-order chi connectivity index (χ0) is 19.4. The van der Waals surface area contributed by atoms with Crippen LogP contribution in [0.2, 0.25) is 0 Å². The Morgan fingerprint density at radius 1 is 1.15 bits per heavy atom. The van der Waals surface area contributed by atoms with Crippen LogP contribution in [-0.2, 0) is 12.6 Å². The second kappa shape index (κ2) is 7.79. The van der Waals surface area contributed by atoms with Crippen LogP contribution >= 0.6 is 11.3 Å². The van der Waals surface area contributed by atoms with Crippen LogP contribution in [0.4, 0.5) is 13.2 Å². The summed E-state index contributed by atoms with van der Waals surface area (Å²) in [6, 6.07) is 11.6. The van der Waals surface area contributed by atoms with Gasteiger partial charge in [-0.3, -0.25) is 4.79 Å². The number of hydrogen-bond acceptors (Lipinski definition) is 4. The molecule has 0 bridgehead atoms. The van der Waals surface area contributed by atoms with Gasteiger partial charge in [0.2, 0.25) is 0 Å². The van der Waals surface area contributed by atoms with Gasteiger partial charge in [0.15, 0.2) is 0 Å². The van der Waals surface area contributed by atoms with Crippen molar-refractivity contribution in [2.75, 3.05) is 6.54 Å². The number of thiazole rings is 1. The molecule has 0 radical (unpaired) electrons. The Labute approximate surface area is 157 Å². The molecule has 140 valence electrons. The molecule has 2 N–H and O–H groups in total. The Morgan fingerprint density at radius 2 is 1.93 bits per heavy atom. The van der Waals surface area contributed by atoms with E-state index in [0.29, 0.717) is 23.5 Å². The predicted molar refractivity (Wildman–Crippen MR) is 96.7 cm³/mol. The molecule has 3 aromatic rings. The van der Waals surface area contributed by atoms with Crippen molar-refractivity contribution in [3.05, 3.63) is 70.7 Å². The summed E-state index contributed by atoms with van der Waals surface area (Å²) >= 11 is 1.11. The third kappa shape index (κ3) is 4.85. The quantitative estimate of drug-likeness (QED) is 0.672. The van der Waals surface area contributed by atoms with Gasteiger partial charge in [-0.15, -0.1) is 11.3 Å². The summed E-state index contributed by atoms with van der Waals surface area (Å²) in [6.07, 6.45) is -3.90. The van der Waals surface area contributed by atoms with E-state index in [2.05, 4.69) is 10.3 Å². The molecule has 0 atom stereocenters. The van der Waals surface area contributed by atoms with Crippen molar-refractivity contribution >= 4 is 17.2 Å². The number of rotatable bonds is 5. The molecule has 0 aliphatic heterocycles. The highest BCUT2D eigenvalue weighted by Gasteiger charge is 2.30. The number of nitrogens with one attached hydrogen (secondary N) is 1. The van der Waals surface area contributed by atoms with Crippen LogP contribution in [0.15, 0.2) is 53.9 Å². The maximum atomic E-state index is 12.8. The van der Waals surface area contributed by atoms with Crippen LogP contribution in [0.1, 0.15) is 21.6 Å². The molecule has 2 aromatic carbocycles. The predicted octanol–water partition coefficient (Wildman–Crippen LogP) is 4.51. The van der Waals surface area contributed by atoms with Gasteiger partial charge < -0.3 is 10.4 Å². The largest absolute Gasteiger partial charge is 0.508 e. The monoisotopic (exact) mass is 392 g/mol. The van der Waals surface area contributed by atoms with Gasteiger partial charge in [-0.1, -0.05) is 24.3 Å². The molecular formula is C19H15F3N2O2S. The molecule has 0 fully saturated rings. The normalized spacial score (nSPS) is 11.4. The third-order valence-corrected chi connectivity index (χ3v) is 4.67. The molecule has 8 heteroatoms. The highest BCUT2D eigenvalue weighted by atomic mass is 32.1. The summed E-state index contributed by atoms with van der Waals surface area (Å²) in [5.41, 5.74) is 0.586. The van der Waals surface area contributed by atoms with Gasteiger partial charge in [-0.05, 0) is 36.2 Å². The Balaban J connectivity index is 1.64. The van der Waals surface area contributed by atoms with Crippen molar-refractivity contribution in [1.29, 1.82) is 0 Å². The number of carbonyl (C=O) groups is 1. The first-order valence-electron chi connectivity index (χ1n) is 8.02. The fourth-order valence-electron chi connectivity index (χ4n) is 2.46. The third-order valence-electron chi connectivity index (χ3n) is 3.78. The summed E-state index contributed by atoms with van der Waals surface area (Å²) < 4.78 is 38.5. The minimum absolute atomic E-state index is 0.156. The minimum Gasteiger partial charge on any atom is -0.508 e. The van der Waals surface area contributed by atoms with E-state index in [1.807, 2.05) is 6.07 Å². The van der Waals surface area contributed by atoms with E-state index in [1.165, 1.54) is 17.5 Å². The van der Waals surface area contributed by atoms with Crippen molar-refractivity contribution < 1.29 is 23.1 Å². The lowest BCUT2D eigenvalue weighted by Gasteiger charge is -2.07. The van der Waals surface area contributed by atoms with E-state index >= 15 is 0 Å². The standard InChI is InChI=1S/C19H15F3N2O2S/c20-19(21,22)14-5-2-4-13(10-14)18-24-16(11-27-18)17(26)23-8-7-12-3-1-6-15(25)9-12/h1-6,9-11,25H,7-8H2,(H,23,26). The number of nitrogens with zero attached hydrogens (tertiary/aromatic N) is 1. The lowest BCUT2D eigenvalue weighted by molar-refractivity contribution is -0.137. The number of benzene rings is 2. The maximum absolute atomic E-state index is 12.8. The van der Waals surface area contributed by atoms with Crippen LogP contribution in [0.5, 0.6) is 5.75 Å². The summed E-state index contributed by atoms with van der Waals surface area (Å²) in [5, 5.41) is 14.0. The van der Waals surface area contributed by atoms with E-state index in [4.69, 9.17) is 0 Å². The smallest absolute Gasteiger partial charge is 0.416 e. The lowest BCUT2D eigenvalue weighted by Crippen LogP contribution is -2.25. The Bertz CT molecular complexity index is 954. The maximum Gasteiger partial charge on any atom is 0.416 e. The van der Waals surface area contributed by atoms with Crippen molar-refractivity contribution in [3.8, 4) is 16.3 Å². The van der Waals surface area contributed by atoms with Crippen LogP contribution < -0.4 is 5.32 Å². The van der Waals surface area contributed by atoms with E-state index in [1.54, 1.807) is 18.2 Å². The Kier molecular flexibility index (Phi) is 5.46. The number of phenols is 1. The topological polar surface area (TPSA) is 62.2 Å². The van der Waals surface area contributed by atoms with Crippen LogP contribution in [0.3, 0.4) is 0 Å². The van der Waals surface area contributed by atoms with Crippen molar-refractivity contribution in [1.82, 2.24) is 10.3 Å². The van der Waals surface area contributed by atoms with Crippen LogP contribution in [0, 0.1) is 0 Å². The highest BCUT2D eigenvalue weighted by Crippen LogP contribution is 2.33. The summed E-state index contributed by atoms with van der Waals surface area (Å²) in [7, 11) is 0. The molecule has 3 rings (SSSR count). The van der Waals surface area contributed by atoms with Gasteiger partial charge in [0.05, 0.1) is 5.56 Å². The first kappa shape index (κ1) is 18.9. The number of halogens is 3. The van der Waals surface area contributed by atoms with Crippen molar-refractivity contribution in [3.63, 3.8) is 0 Å². The number of carbonyl (C=O) groups excluding carboxylic acids is 1. The van der Waals surface area contributed by atoms with Gasteiger partial charge in [-0.2, -0.15) is 13.2 Å². The Hall–Kier alpha value is -2.87. The summed E-state index contributed by atoms with van der Waals surface area (Å²) in [6.45, 7) is 0.346. The van der Waals surface area contributed by atoms with Gasteiger partial charge in [0, 0.05) is 17.5 Å². The fraction of sp³-hybridized carbons (Fsp3) is 0.158. The first-order valence-corrected chi connectivity index (χ1v) is 8.90. The second-order valence-corrected chi connectivity index (χ2v) is 6.65. The highest BCUT2D eigenvalue weighted by molar-refractivity contribution is 7.13. The summed E-state index contributed by atoms with van der Waals surface area (Å²) in [5.74, 6) is -0.242. The molecule has 27 heavy (non-hydrogen) atoms. The van der Waals surface area contributed by atoms with Crippen LogP contribution in [-0.4, -0.2) is 22.5 Å². The Morgan fingerprint density at radius 3 is 2.67 bits per heavy atom. The molecule has 0 saturated heterocycles. The van der Waals surface area contributed by atoms with Gasteiger partial charge in [0.25, 0.3) is 5.91 Å². The lowest BCUT2D eigenvalue weighted by atomic mass is 10.1. The van der Waals surface area contributed by atoms with E-state index in [9.17, 15) is 23.1 Å². The van der Waals surface area contributed by atoms with Crippen molar-refractivity contribution in [2.24, 2.45) is 0 Å². The molecular weight excluding hydrogens is 377 g/mol. The van der Waals surface area contributed by atoms with Gasteiger partial charge in [0.1, 0.15) is 16.5 Å². The first-order chi connectivity index (χ1) is 12.8. The molecule has 4 nitrogen and oxygen atoms in total. The zero-order valence-electron chi connectivity index (χ0n) is 14.0. The molecule has 0 saturated carbocycles.